The molecule has 7 heteroatoms. The fourth-order valence-corrected chi connectivity index (χ4v) is 3.84. The molecule has 0 aliphatic carbocycles. The number of fused-ring (bicyclic) bond motifs is 4. The molecule has 1 atom stereocenters. The highest BCUT2D eigenvalue weighted by Gasteiger charge is 2.54. The molecule has 4 rings (SSSR count). The Morgan fingerprint density at radius 2 is 2.04 bits per heavy atom. The smallest absolute Gasteiger partial charge is 0.240 e. The van der Waals surface area contributed by atoms with Gasteiger partial charge in [0, 0.05) is 28.2 Å². The van der Waals surface area contributed by atoms with Crippen molar-refractivity contribution >= 4 is 39.2 Å². The highest BCUT2D eigenvalue weighted by Crippen LogP contribution is 2.50. The molecule has 0 saturated carbocycles. The lowest BCUT2D eigenvalue weighted by atomic mass is 9.72. The molecule has 2 aromatic rings. The number of benzene rings is 1. The van der Waals surface area contributed by atoms with E-state index in [0.717, 1.165) is 21.3 Å². The topological polar surface area (TPSA) is 76.0 Å². The average Bonchev–Trinajstić information content (AvgIpc) is 3.01. The summed E-state index contributed by atoms with van der Waals surface area (Å²) in [6, 6.07) is 5.72. The maximum atomic E-state index is 12.9. The van der Waals surface area contributed by atoms with E-state index in [2.05, 4.69) is 31.7 Å². The Balaban J connectivity index is 2.02. The minimum Gasteiger partial charge on any atom is -0.325 e. The number of hydrogen-bond acceptors (Lipinski definition) is 3. The monoisotopic (exact) mass is 374 g/mol. The van der Waals surface area contributed by atoms with Crippen LogP contribution in [0.4, 0.5) is 11.5 Å². The maximum Gasteiger partial charge on any atom is 0.240 e. The summed E-state index contributed by atoms with van der Waals surface area (Å²) in [6.45, 7) is 3.97. The summed E-state index contributed by atoms with van der Waals surface area (Å²) in [5.74, 6) is 0.257. The lowest BCUT2D eigenvalue weighted by molar-refractivity contribution is -0.125. The van der Waals surface area contributed by atoms with Crippen LogP contribution < -0.4 is 10.6 Å². The summed E-state index contributed by atoms with van der Waals surface area (Å²) >= 11 is 3.46. The average molecular weight is 375 g/mol. The van der Waals surface area contributed by atoms with Crippen molar-refractivity contribution < 1.29 is 9.59 Å². The van der Waals surface area contributed by atoms with Gasteiger partial charge < -0.3 is 10.6 Å². The van der Waals surface area contributed by atoms with Gasteiger partial charge in [0.15, 0.2) is 0 Å². The molecule has 23 heavy (non-hydrogen) atoms. The quantitative estimate of drug-likeness (QED) is 0.805. The number of halogens is 1. The number of carbonyl (C=O) groups is 2. The third kappa shape index (κ3) is 1.83. The zero-order chi connectivity index (χ0) is 16.4. The van der Waals surface area contributed by atoms with Crippen LogP contribution in [0.5, 0.6) is 0 Å². The number of amides is 2. The van der Waals surface area contributed by atoms with Crippen molar-refractivity contribution in [2.24, 2.45) is 0 Å². The van der Waals surface area contributed by atoms with E-state index in [1.165, 1.54) is 0 Å². The Morgan fingerprint density at radius 1 is 1.26 bits per heavy atom. The molecule has 0 radical (unpaired) electrons. The molecule has 118 valence electrons. The summed E-state index contributed by atoms with van der Waals surface area (Å²) in [4.78, 5) is 25.2. The lowest BCUT2D eigenvalue weighted by Crippen LogP contribution is -2.43. The molecule has 1 aromatic carbocycles. The second-order valence-electron chi connectivity index (χ2n) is 6.22. The van der Waals surface area contributed by atoms with E-state index in [9.17, 15) is 9.59 Å². The van der Waals surface area contributed by atoms with Crippen molar-refractivity contribution in [3.8, 4) is 0 Å². The van der Waals surface area contributed by atoms with Gasteiger partial charge in [0.1, 0.15) is 11.2 Å². The Labute approximate surface area is 141 Å². The highest BCUT2D eigenvalue weighted by atomic mass is 79.9. The third-order valence-electron chi connectivity index (χ3n) is 4.51. The van der Waals surface area contributed by atoms with E-state index in [1.807, 2.05) is 32.0 Å². The van der Waals surface area contributed by atoms with Crippen molar-refractivity contribution in [3.05, 3.63) is 40.0 Å². The molecule has 0 fully saturated rings. The van der Waals surface area contributed by atoms with E-state index in [4.69, 9.17) is 0 Å². The van der Waals surface area contributed by atoms with Crippen molar-refractivity contribution in [1.29, 1.82) is 0 Å². The predicted molar refractivity (Wildman–Crippen MR) is 89.4 cm³/mol. The summed E-state index contributed by atoms with van der Waals surface area (Å²) < 4.78 is 2.62. The number of rotatable bonds is 1. The van der Waals surface area contributed by atoms with Gasteiger partial charge in [-0.15, -0.1) is 0 Å². The van der Waals surface area contributed by atoms with Crippen LogP contribution in [0.25, 0.3) is 0 Å². The van der Waals surface area contributed by atoms with Gasteiger partial charge in [-0.1, -0.05) is 15.9 Å². The summed E-state index contributed by atoms with van der Waals surface area (Å²) in [5, 5.41) is 10.2. The standard InChI is InChI=1S/C16H15BrN4O2/c1-8(2)21-14-11(7-18-21)16(6-13(22)20-14)10-5-9(17)3-4-12(10)19-15(16)23/h3-5,7-8H,6H2,1-2H3,(H,19,23)(H,20,22)/t16-/m0/s1. The zero-order valence-electron chi connectivity index (χ0n) is 12.7. The van der Waals surface area contributed by atoms with Gasteiger partial charge in [0.05, 0.1) is 6.20 Å². The summed E-state index contributed by atoms with van der Waals surface area (Å²) in [6.07, 6.45) is 1.78. The first kappa shape index (κ1) is 14.4. The number of carbonyl (C=O) groups excluding carboxylic acids is 2. The van der Waals surface area contributed by atoms with Crippen LogP contribution >= 0.6 is 15.9 Å². The van der Waals surface area contributed by atoms with E-state index in [1.54, 1.807) is 10.9 Å². The van der Waals surface area contributed by atoms with E-state index in [0.29, 0.717) is 5.82 Å². The van der Waals surface area contributed by atoms with Gasteiger partial charge in [-0.05, 0) is 37.6 Å². The van der Waals surface area contributed by atoms with Gasteiger partial charge in [0.2, 0.25) is 11.8 Å². The van der Waals surface area contributed by atoms with Crippen molar-refractivity contribution in [3.63, 3.8) is 0 Å². The number of anilines is 2. The Kier molecular flexibility index (Phi) is 2.93. The molecular formula is C16H15BrN4O2. The second kappa shape index (κ2) is 4.67. The van der Waals surface area contributed by atoms with Crippen molar-refractivity contribution in [2.75, 3.05) is 10.6 Å². The molecule has 1 spiro atoms. The van der Waals surface area contributed by atoms with Crippen LogP contribution in [0.2, 0.25) is 0 Å². The van der Waals surface area contributed by atoms with Crippen LogP contribution in [0.3, 0.4) is 0 Å². The first-order valence-electron chi connectivity index (χ1n) is 7.43. The molecule has 3 heterocycles. The number of nitrogens with zero attached hydrogens (tertiary/aromatic N) is 2. The number of aromatic nitrogens is 2. The molecule has 2 amide bonds. The largest absolute Gasteiger partial charge is 0.325 e. The van der Waals surface area contributed by atoms with Gasteiger partial charge >= 0.3 is 0 Å². The van der Waals surface area contributed by atoms with Crippen LogP contribution in [0, 0.1) is 0 Å². The van der Waals surface area contributed by atoms with E-state index >= 15 is 0 Å². The van der Waals surface area contributed by atoms with Crippen LogP contribution in [0.1, 0.15) is 37.4 Å². The molecule has 2 aliphatic heterocycles. The fraction of sp³-hybridized carbons (Fsp3) is 0.312. The molecule has 0 saturated heterocycles. The number of hydrogen-bond donors (Lipinski definition) is 2. The molecular weight excluding hydrogens is 360 g/mol. The zero-order valence-corrected chi connectivity index (χ0v) is 14.3. The Bertz CT molecular complexity index is 858. The van der Waals surface area contributed by atoms with Crippen molar-refractivity contribution in [2.45, 2.75) is 31.7 Å². The molecule has 2 aliphatic rings. The predicted octanol–water partition coefficient (Wildman–Crippen LogP) is 2.81. The lowest BCUT2D eigenvalue weighted by Gasteiger charge is -2.32. The second-order valence-corrected chi connectivity index (χ2v) is 7.14. The number of nitrogens with one attached hydrogen (secondary N) is 2. The minimum atomic E-state index is -1.01. The molecule has 0 bridgehead atoms. The maximum absolute atomic E-state index is 12.9. The highest BCUT2D eigenvalue weighted by molar-refractivity contribution is 9.10. The molecule has 2 N–H and O–H groups in total. The van der Waals surface area contributed by atoms with Gasteiger partial charge in [-0.2, -0.15) is 5.10 Å². The third-order valence-corrected chi connectivity index (χ3v) is 5.00. The minimum absolute atomic E-state index is 0.0824. The van der Waals surface area contributed by atoms with Gasteiger partial charge in [-0.3, -0.25) is 9.59 Å². The van der Waals surface area contributed by atoms with Crippen LogP contribution in [-0.2, 0) is 15.0 Å². The summed E-state index contributed by atoms with van der Waals surface area (Å²) in [7, 11) is 0. The van der Waals surface area contributed by atoms with E-state index < -0.39 is 5.41 Å². The molecule has 0 unspecified atom stereocenters. The first-order chi connectivity index (χ1) is 10.9. The SMILES string of the molecule is CC(C)n1ncc2c1NC(=O)C[C@@]21C(=O)Nc2ccc(Br)cc21. The van der Waals surface area contributed by atoms with Gasteiger partial charge in [0.25, 0.3) is 0 Å². The first-order valence-corrected chi connectivity index (χ1v) is 8.22. The Hall–Kier alpha value is -2.15. The Morgan fingerprint density at radius 3 is 2.78 bits per heavy atom. The van der Waals surface area contributed by atoms with Gasteiger partial charge in [-0.25, -0.2) is 4.68 Å². The van der Waals surface area contributed by atoms with E-state index in [-0.39, 0.29) is 24.3 Å². The molecule has 6 nitrogen and oxygen atoms in total. The van der Waals surface area contributed by atoms with Crippen LogP contribution in [0.15, 0.2) is 28.9 Å². The van der Waals surface area contributed by atoms with Crippen LogP contribution in [-0.4, -0.2) is 21.6 Å². The normalized spacial score (nSPS) is 22.1. The fourth-order valence-electron chi connectivity index (χ4n) is 3.48. The van der Waals surface area contributed by atoms with Crippen molar-refractivity contribution in [1.82, 2.24) is 9.78 Å². The molecule has 1 aromatic heterocycles. The summed E-state index contributed by atoms with van der Waals surface area (Å²) in [5.41, 5.74) is 1.30.